The largest absolute Gasteiger partial charge is 0.491 e. The molecule has 1 aromatic carbocycles. The van der Waals surface area contributed by atoms with Gasteiger partial charge in [-0.05, 0) is 31.4 Å². The van der Waals surface area contributed by atoms with Gasteiger partial charge in [-0.15, -0.1) is 12.4 Å². The summed E-state index contributed by atoms with van der Waals surface area (Å²) in [6.45, 7) is 0.191. The normalized spacial score (nSPS) is 20.2. The third kappa shape index (κ3) is 6.08. The number of amides is 2. The topological polar surface area (TPSA) is 107 Å². The van der Waals surface area contributed by atoms with Crippen LogP contribution < -0.4 is 21.5 Å². The van der Waals surface area contributed by atoms with Crippen LogP contribution in [0, 0.1) is 5.92 Å². The van der Waals surface area contributed by atoms with Gasteiger partial charge in [0, 0.05) is 12.0 Å². The second kappa shape index (κ2) is 9.37. The summed E-state index contributed by atoms with van der Waals surface area (Å²) in [7, 11) is 0. The van der Waals surface area contributed by atoms with Crippen molar-refractivity contribution in [3.05, 3.63) is 24.3 Å². The highest BCUT2D eigenvalue weighted by Crippen LogP contribution is 2.28. The van der Waals surface area contributed by atoms with Crippen molar-refractivity contribution in [2.45, 2.75) is 38.1 Å². The van der Waals surface area contributed by atoms with Crippen molar-refractivity contribution in [1.29, 1.82) is 0 Å². The average molecular weight is 342 g/mol. The van der Waals surface area contributed by atoms with Gasteiger partial charge in [-0.2, -0.15) is 0 Å². The lowest BCUT2D eigenvalue weighted by Crippen LogP contribution is -2.34. The minimum absolute atomic E-state index is 0. The molecule has 0 aromatic heterocycles. The fourth-order valence-electron chi connectivity index (χ4n) is 2.66. The van der Waals surface area contributed by atoms with Crippen molar-refractivity contribution in [3.63, 3.8) is 0 Å². The molecular formula is C16H24ClN3O3. The van der Waals surface area contributed by atoms with Crippen molar-refractivity contribution in [3.8, 4) is 5.75 Å². The summed E-state index contributed by atoms with van der Waals surface area (Å²) in [5, 5.41) is 2.90. The molecule has 2 rings (SSSR count). The molecule has 2 atom stereocenters. The van der Waals surface area contributed by atoms with E-state index in [1.54, 1.807) is 12.1 Å². The Morgan fingerprint density at radius 3 is 2.70 bits per heavy atom. The van der Waals surface area contributed by atoms with Crippen molar-refractivity contribution >= 4 is 29.9 Å². The molecule has 0 radical (unpaired) electrons. The van der Waals surface area contributed by atoms with Gasteiger partial charge >= 0.3 is 0 Å². The first-order valence-corrected chi connectivity index (χ1v) is 7.63. The van der Waals surface area contributed by atoms with E-state index >= 15 is 0 Å². The van der Waals surface area contributed by atoms with Gasteiger partial charge in [0.15, 0.2) is 0 Å². The van der Waals surface area contributed by atoms with Gasteiger partial charge in [0.05, 0.1) is 18.7 Å². The molecule has 1 aliphatic carbocycles. The van der Waals surface area contributed by atoms with Crippen LogP contribution in [0.3, 0.4) is 0 Å². The minimum Gasteiger partial charge on any atom is -0.491 e. The van der Waals surface area contributed by atoms with E-state index in [1.807, 2.05) is 12.1 Å². The number of anilines is 1. The Morgan fingerprint density at radius 2 is 2.00 bits per heavy atom. The van der Waals surface area contributed by atoms with Gasteiger partial charge in [-0.1, -0.05) is 18.6 Å². The van der Waals surface area contributed by atoms with Crippen molar-refractivity contribution in [2.75, 3.05) is 11.9 Å². The summed E-state index contributed by atoms with van der Waals surface area (Å²) in [6.07, 6.45) is 3.69. The molecule has 0 saturated heterocycles. The van der Waals surface area contributed by atoms with Crippen LogP contribution in [0.4, 0.5) is 5.69 Å². The van der Waals surface area contributed by atoms with Gasteiger partial charge in [0.25, 0.3) is 0 Å². The third-order valence-corrected chi connectivity index (χ3v) is 3.84. The van der Waals surface area contributed by atoms with E-state index in [0.29, 0.717) is 11.4 Å². The number of primary amides is 1. The minimum atomic E-state index is -0.419. The Labute approximate surface area is 142 Å². The molecule has 2 unspecified atom stereocenters. The third-order valence-electron chi connectivity index (χ3n) is 3.84. The van der Waals surface area contributed by atoms with Gasteiger partial charge in [0.1, 0.15) is 5.75 Å². The van der Waals surface area contributed by atoms with Crippen LogP contribution in [0.25, 0.3) is 0 Å². The van der Waals surface area contributed by atoms with Crippen LogP contribution in [0.1, 0.15) is 32.1 Å². The molecule has 1 aromatic rings. The van der Waals surface area contributed by atoms with E-state index in [9.17, 15) is 9.59 Å². The molecule has 7 heteroatoms. The number of rotatable bonds is 6. The maximum atomic E-state index is 12.4. The van der Waals surface area contributed by atoms with Crippen LogP contribution in [-0.4, -0.2) is 24.5 Å². The molecule has 2 amide bonds. The zero-order valence-electron chi connectivity index (χ0n) is 13.0. The zero-order chi connectivity index (χ0) is 15.9. The SMILES string of the molecule is Cl.NC(=O)CCOc1ccccc1NC(=O)C1CCCC(N)C1. The van der Waals surface area contributed by atoms with E-state index in [2.05, 4.69) is 5.32 Å². The number of carbonyl (C=O) groups is 2. The highest BCUT2D eigenvalue weighted by Gasteiger charge is 2.25. The second-order valence-electron chi connectivity index (χ2n) is 5.67. The van der Waals surface area contributed by atoms with E-state index in [-0.39, 0.29) is 43.3 Å². The fraction of sp³-hybridized carbons (Fsp3) is 0.500. The first-order valence-electron chi connectivity index (χ1n) is 7.63. The van der Waals surface area contributed by atoms with Gasteiger partial charge in [-0.3, -0.25) is 9.59 Å². The molecule has 0 heterocycles. The highest BCUT2D eigenvalue weighted by atomic mass is 35.5. The first kappa shape index (κ1) is 19.3. The highest BCUT2D eigenvalue weighted by molar-refractivity contribution is 5.94. The molecule has 1 aliphatic rings. The van der Waals surface area contributed by atoms with Crippen LogP contribution in [0.2, 0.25) is 0 Å². The predicted octanol–water partition coefficient (Wildman–Crippen LogP) is 1.82. The number of hydrogen-bond donors (Lipinski definition) is 3. The van der Waals surface area contributed by atoms with Crippen molar-refractivity contribution in [1.82, 2.24) is 0 Å². The molecule has 1 saturated carbocycles. The molecule has 1 fully saturated rings. The maximum Gasteiger partial charge on any atom is 0.227 e. The molecule has 5 N–H and O–H groups in total. The van der Waals surface area contributed by atoms with Crippen molar-refractivity contribution < 1.29 is 14.3 Å². The number of para-hydroxylation sites is 2. The van der Waals surface area contributed by atoms with E-state index in [0.717, 1.165) is 25.7 Å². The van der Waals surface area contributed by atoms with Gasteiger partial charge in [0.2, 0.25) is 11.8 Å². The van der Waals surface area contributed by atoms with E-state index in [4.69, 9.17) is 16.2 Å². The molecule has 23 heavy (non-hydrogen) atoms. The number of hydrogen-bond acceptors (Lipinski definition) is 4. The molecule has 128 valence electrons. The number of benzene rings is 1. The second-order valence-corrected chi connectivity index (χ2v) is 5.67. The fourth-order valence-corrected chi connectivity index (χ4v) is 2.66. The molecular weight excluding hydrogens is 318 g/mol. The monoisotopic (exact) mass is 341 g/mol. The Kier molecular flexibility index (Phi) is 7.85. The summed E-state index contributed by atoms with van der Waals surface area (Å²) >= 11 is 0. The summed E-state index contributed by atoms with van der Waals surface area (Å²) in [5.74, 6) is 0.0402. The van der Waals surface area contributed by atoms with Crippen LogP contribution in [0.5, 0.6) is 5.75 Å². The summed E-state index contributed by atoms with van der Waals surface area (Å²) in [6, 6.07) is 7.27. The predicted molar refractivity (Wildman–Crippen MR) is 91.6 cm³/mol. The summed E-state index contributed by atoms with van der Waals surface area (Å²) < 4.78 is 5.52. The standard InChI is InChI=1S/C16H23N3O3.ClH/c17-12-5-3-4-11(10-12)16(21)19-13-6-1-2-7-14(13)22-9-8-15(18)20;/h1-2,6-7,11-12H,3-5,8-10,17H2,(H2,18,20)(H,19,21);1H. The maximum absolute atomic E-state index is 12.4. The lowest BCUT2D eigenvalue weighted by atomic mass is 9.85. The molecule has 0 spiro atoms. The average Bonchev–Trinajstić information content (AvgIpc) is 2.48. The first-order chi connectivity index (χ1) is 10.6. The van der Waals surface area contributed by atoms with Crippen LogP contribution in [-0.2, 0) is 9.59 Å². The molecule has 0 aliphatic heterocycles. The Bertz CT molecular complexity index is 539. The molecule has 0 bridgehead atoms. The van der Waals surface area contributed by atoms with E-state index in [1.165, 1.54) is 0 Å². The lowest BCUT2D eigenvalue weighted by Gasteiger charge is -2.26. The van der Waals surface area contributed by atoms with E-state index < -0.39 is 5.91 Å². The summed E-state index contributed by atoms with van der Waals surface area (Å²) in [4.78, 5) is 23.1. The quantitative estimate of drug-likeness (QED) is 0.733. The number of nitrogens with one attached hydrogen (secondary N) is 1. The smallest absolute Gasteiger partial charge is 0.227 e. The molecule has 6 nitrogen and oxygen atoms in total. The van der Waals surface area contributed by atoms with Crippen molar-refractivity contribution in [2.24, 2.45) is 17.4 Å². The summed E-state index contributed by atoms with van der Waals surface area (Å²) in [5.41, 5.74) is 11.6. The Hall–Kier alpha value is -1.79. The lowest BCUT2D eigenvalue weighted by molar-refractivity contribution is -0.121. The number of halogens is 1. The zero-order valence-corrected chi connectivity index (χ0v) is 13.8. The number of ether oxygens (including phenoxy) is 1. The Balaban J connectivity index is 0.00000264. The number of nitrogens with two attached hydrogens (primary N) is 2. The number of carbonyl (C=O) groups excluding carboxylic acids is 2. The van der Waals surface area contributed by atoms with Gasteiger partial charge < -0.3 is 21.5 Å². The van der Waals surface area contributed by atoms with Crippen LogP contribution in [0.15, 0.2) is 24.3 Å². The van der Waals surface area contributed by atoms with Crippen LogP contribution >= 0.6 is 12.4 Å². The van der Waals surface area contributed by atoms with Gasteiger partial charge in [-0.25, -0.2) is 0 Å². The Morgan fingerprint density at radius 1 is 1.26 bits per heavy atom.